The second-order valence-electron chi connectivity index (χ2n) is 7.70. The Balaban J connectivity index is 1.66. The second-order valence-corrected chi connectivity index (χ2v) is 7.70. The summed E-state index contributed by atoms with van der Waals surface area (Å²) in [6.07, 6.45) is 15.4. The normalized spacial score (nSPS) is 32.6. The second kappa shape index (κ2) is 9.57. The van der Waals surface area contributed by atoms with Crippen molar-refractivity contribution in [1.82, 2.24) is 0 Å². The van der Waals surface area contributed by atoms with E-state index in [4.69, 9.17) is 4.74 Å². The van der Waals surface area contributed by atoms with Crippen LogP contribution in [0.15, 0.2) is 0 Å². The van der Waals surface area contributed by atoms with Gasteiger partial charge >= 0.3 is 5.97 Å². The average molecular weight is 309 g/mol. The van der Waals surface area contributed by atoms with Gasteiger partial charge in [0.15, 0.2) is 0 Å². The maximum Gasteiger partial charge on any atom is 0.308 e. The lowest BCUT2D eigenvalue weighted by Gasteiger charge is -2.37. The van der Waals surface area contributed by atoms with Gasteiger partial charge in [-0.15, -0.1) is 0 Å². The smallest absolute Gasteiger partial charge is 0.308 e. The number of unbranched alkanes of at least 4 members (excludes halogenated alkanes) is 1. The van der Waals surface area contributed by atoms with Gasteiger partial charge in [0.1, 0.15) is 0 Å². The van der Waals surface area contributed by atoms with Crippen LogP contribution >= 0.6 is 0 Å². The van der Waals surface area contributed by atoms with Gasteiger partial charge in [-0.25, -0.2) is 0 Å². The monoisotopic (exact) mass is 308 g/mol. The van der Waals surface area contributed by atoms with Gasteiger partial charge in [-0.1, -0.05) is 46.0 Å². The number of hydrogen-bond donors (Lipinski definition) is 0. The molecule has 0 aromatic heterocycles. The van der Waals surface area contributed by atoms with Crippen LogP contribution in [0.4, 0.5) is 0 Å². The summed E-state index contributed by atoms with van der Waals surface area (Å²) < 4.78 is 5.40. The lowest BCUT2D eigenvalue weighted by atomic mass is 9.69. The Morgan fingerprint density at radius 1 is 0.864 bits per heavy atom. The number of esters is 1. The van der Waals surface area contributed by atoms with Crippen LogP contribution in [-0.2, 0) is 9.53 Å². The van der Waals surface area contributed by atoms with Crippen LogP contribution < -0.4 is 0 Å². The van der Waals surface area contributed by atoms with Crippen LogP contribution in [0.25, 0.3) is 0 Å². The zero-order chi connectivity index (χ0) is 15.8. The highest BCUT2D eigenvalue weighted by atomic mass is 16.5. The van der Waals surface area contributed by atoms with Gasteiger partial charge in [0.2, 0.25) is 0 Å². The Labute approximate surface area is 137 Å². The summed E-state index contributed by atoms with van der Waals surface area (Å²) in [6, 6.07) is 0. The molecule has 2 rings (SSSR count). The molecule has 2 saturated carbocycles. The van der Waals surface area contributed by atoms with Crippen molar-refractivity contribution in [2.45, 2.75) is 90.9 Å². The van der Waals surface area contributed by atoms with Crippen molar-refractivity contribution >= 4 is 5.97 Å². The van der Waals surface area contributed by atoms with Crippen LogP contribution in [0.5, 0.6) is 0 Å². The molecule has 2 heteroatoms. The molecule has 0 N–H and O–H groups in total. The summed E-state index contributed by atoms with van der Waals surface area (Å²) in [6.45, 7) is 5.07. The van der Waals surface area contributed by atoms with E-state index in [1.54, 1.807) is 0 Å². The Kier molecular flexibility index (Phi) is 7.75. The maximum atomic E-state index is 12.0. The number of ether oxygens (including phenoxy) is 1. The third-order valence-corrected chi connectivity index (χ3v) is 6.10. The van der Waals surface area contributed by atoms with Gasteiger partial charge in [0.05, 0.1) is 12.5 Å². The molecule has 0 heterocycles. The van der Waals surface area contributed by atoms with Crippen LogP contribution in [-0.4, -0.2) is 12.6 Å². The highest BCUT2D eigenvalue weighted by Crippen LogP contribution is 2.42. The molecule has 0 radical (unpaired) electrons. The largest absolute Gasteiger partial charge is 0.465 e. The number of carbonyl (C=O) groups excluding carboxylic acids is 1. The number of hydrogen-bond acceptors (Lipinski definition) is 2. The molecule has 0 aromatic carbocycles. The number of carbonyl (C=O) groups is 1. The minimum Gasteiger partial charge on any atom is -0.465 e. The quantitative estimate of drug-likeness (QED) is 0.442. The minimum atomic E-state index is 0.0820. The van der Waals surface area contributed by atoms with Gasteiger partial charge in [-0.2, -0.15) is 0 Å². The standard InChI is InChI=1S/C20H36O2/c1-3-5-15-22-20(21)19-13-11-18(12-14-19)17-9-7-16(6-4-2)8-10-17/h16-19H,3-15H2,1-2H3. The molecule has 0 amide bonds. The molecule has 0 bridgehead atoms. The topological polar surface area (TPSA) is 26.3 Å². The van der Waals surface area contributed by atoms with Crippen molar-refractivity contribution in [1.29, 1.82) is 0 Å². The molecule has 0 aromatic rings. The van der Waals surface area contributed by atoms with Gasteiger partial charge in [0, 0.05) is 0 Å². The molecule has 2 fully saturated rings. The highest BCUT2D eigenvalue weighted by Gasteiger charge is 2.33. The first-order chi connectivity index (χ1) is 10.7. The van der Waals surface area contributed by atoms with E-state index in [9.17, 15) is 4.79 Å². The third kappa shape index (κ3) is 5.28. The average Bonchev–Trinajstić information content (AvgIpc) is 2.56. The Hall–Kier alpha value is -0.530. The Morgan fingerprint density at radius 2 is 1.45 bits per heavy atom. The minimum absolute atomic E-state index is 0.0820. The van der Waals surface area contributed by atoms with E-state index in [2.05, 4.69) is 13.8 Å². The fourth-order valence-corrected chi connectivity index (χ4v) is 4.62. The van der Waals surface area contributed by atoms with Gasteiger partial charge < -0.3 is 4.74 Å². The summed E-state index contributed by atoms with van der Waals surface area (Å²) in [5.41, 5.74) is 0. The lowest BCUT2D eigenvalue weighted by molar-refractivity contribution is -0.150. The summed E-state index contributed by atoms with van der Waals surface area (Å²) in [4.78, 5) is 12.0. The molecule has 2 nitrogen and oxygen atoms in total. The molecule has 2 aliphatic rings. The van der Waals surface area contributed by atoms with E-state index in [1.165, 1.54) is 51.4 Å². The molecule has 0 unspecified atom stereocenters. The predicted octanol–water partition coefficient (Wildman–Crippen LogP) is 5.74. The van der Waals surface area contributed by atoms with E-state index in [-0.39, 0.29) is 11.9 Å². The van der Waals surface area contributed by atoms with E-state index in [0.717, 1.165) is 43.4 Å². The third-order valence-electron chi connectivity index (χ3n) is 6.10. The van der Waals surface area contributed by atoms with Crippen LogP contribution in [0.2, 0.25) is 0 Å². The molecule has 0 atom stereocenters. The summed E-state index contributed by atoms with van der Waals surface area (Å²) in [5, 5.41) is 0. The van der Waals surface area contributed by atoms with Crippen molar-refractivity contribution in [3.8, 4) is 0 Å². The first-order valence-electron chi connectivity index (χ1n) is 9.91. The molecular weight excluding hydrogens is 272 g/mol. The molecule has 2 aliphatic carbocycles. The van der Waals surface area contributed by atoms with Crippen molar-refractivity contribution in [3.05, 3.63) is 0 Å². The molecule has 22 heavy (non-hydrogen) atoms. The van der Waals surface area contributed by atoms with Crippen LogP contribution in [0.3, 0.4) is 0 Å². The fourth-order valence-electron chi connectivity index (χ4n) is 4.62. The van der Waals surface area contributed by atoms with E-state index < -0.39 is 0 Å². The Bertz CT molecular complexity index is 310. The summed E-state index contributed by atoms with van der Waals surface area (Å²) >= 11 is 0. The van der Waals surface area contributed by atoms with E-state index >= 15 is 0 Å². The molecular formula is C20H36O2. The zero-order valence-electron chi connectivity index (χ0n) is 14.8. The Morgan fingerprint density at radius 3 is 2.00 bits per heavy atom. The lowest BCUT2D eigenvalue weighted by Crippen LogP contribution is -2.29. The van der Waals surface area contributed by atoms with Crippen molar-refractivity contribution in [3.63, 3.8) is 0 Å². The van der Waals surface area contributed by atoms with Crippen molar-refractivity contribution in [2.75, 3.05) is 6.61 Å². The van der Waals surface area contributed by atoms with Crippen molar-refractivity contribution in [2.24, 2.45) is 23.7 Å². The van der Waals surface area contributed by atoms with E-state index in [1.807, 2.05) is 0 Å². The number of rotatable bonds is 7. The molecule has 0 spiro atoms. The van der Waals surface area contributed by atoms with Gasteiger partial charge in [-0.05, 0) is 62.7 Å². The summed E-state index contributed by atoms with van der Waals surface area (Å²) in [5.74, 6) is 3.13. The fraction of sp³-hybridized carbons (Fsp3) is 0.950. The zero-order valence-corrected chi connectivity index (χ0v) is 14.8. The molecule has 128 valence electrons. The highest BCUT2D eigenvalue weighted by molar-refractivity contribution is 5.72. The van der Waals surface area contributed by atoms with Gasteiger partial charge in [-0.3, -0.25) is 4.79 Å². The van der Waals surface area contributed by atoms with Crippen LogP contribution in [0, 0.1) is 23.7 Å². The summed E-state index contributed by atoms with van der Waals surface area (Å²) in [7, 11) is 0. The predicted molar refractivity (Wildman–Crippen MR) is 91.7 cm³/mol. The van der Waals surface area contributed by atoms with Crippen LogP contribution in [0.1, 0.15) is 90.9 Å². The maximum absolute atomic E-state index is 12.0. The molecule has 0 saturated heterocycles. The van der Waals surface area contributed by atoms with E-state index in [0.29, 0.717) is 6.61 Å². The van der Waals surface area contributed by atoms with Gasteiger partial charge in [0.25, 0.3) is 0 Å². The van der Waals surface area contributed by atoms with Crippen molar-refractivity contribution < 1.29 is 9.53 Å². The first-order valence-corrected chi connectivity index (χ1v) is 9.91. The first kappa shape index (κ1) is 17.8. The molecule has 0 aliphatic heterocycles. The SMILES string of the molecule is CCCCOC(=O)C1CCC(C2CCC(CCC)CC2)CC1.